The average Bonchev–Trinajstić information content (AvgIpc) is 3.18. The van der Waals surface area contributed by atoms with Crippen molar-refractivity contribution in [3.63, 3.8) is 0 Å². The van der Waals surface area contributed by atoms with Gasteiger partial charge in [0.15, 0.2) is 0 Å². The van der Waals surface area contributed by atoms with Crippen molar-refractivity contribution in [1.82, 2.24) is 24.9 Å². The van der Waals surface area contributed by atoms with Crippen LogP contribution in [0.3, 0.4) is 0 Å². The predicted octanol–water partition coefficient (Wildman–Crippen LogP) is 3.00. The molecule has 2 aromatic heterocycles. The highest BCUT2D eigenvalue weighted by Crippen LogP contribution is 2.31. The van der Waals surface area contributed by atoms with E-state index >= 15 is 0 Å². The summed E-state index contributed by atoms with van der Waals surface area (Å²) in [6.45, 7) is 1.88. The van der Waals surface area contributed by atoms with Gasteiger partial charge in [-0.15, -0.1) is 0 Å². The molecule has 1 amide bonds. The summed E-state index contributed by atoms with van der Waals surface area (Å²) in [5.74, 6) is -1.55. The first-order valence-corrected chi connectivity index (χ1v) is 8.77. The third-order valence-electron chi connectivity index (χ3n) is 4.93. The molecule has 3 aromatic rings. The number of nitrogens with one attached hydrogen (secondary N) is 1. The summed E-state index contributed by atoms with van der Waals surface area (Å²) in [6.07, 6.45) is 3.99. The predicted molar refractivity (Wildman–Crippen MR) is 94.6 cm³/mol. The fourth-order valence-electron chi connectivity index (χ4n) is 3.49. The molecule has 0 saturated carbocycles. The maximum absolute atomic E-state index is 13.6. The molecule has 2 heterocycles. The lowest BCUT2D eigenvalue weighted by Gasteiger charge is -2.24. The van der Waals surface area contributed by atoms with Crippen LogP contribution in [0.2, 0.25) is 0 Å². The Bertz CT molecular complexity index is 984. The van der Waals surface area contributed by atoms with Gasteiger partial charge < -0.3 is 5.32 Å². The minimum Gasteiger partial charge on any atom is -0.344 e. The number of aromatic nitrogens is 4. The van der Waals surface area contributed by atoms with Gasteiger partial charge in [-0.1, -0.05) is 0 Å². The van der Waals surface area contributed by atoms with E-state index in [0.29, 0.717) is 11.4 Å². The largest absolute Gasteiger partial charge is 0.344 e. The van der Waals surface area contributed by atoms with Gasteiger partial charge in [0.2, 0.25) is 0 Å². The van der Waals surface area contributed by atoms with Gasteiger partial charge in [0.25, 0.3) is 5.91 Å². The Kier molecular flexibility index (Phi) is 4.25. The lowest BCUT2D eigenvalue weighted by Crippen LogP contribution is -2.31. The van der Waals surface area contributed by atoms with E-state index in [0.717, 1.165) is 42.3 Å². The van der Waals surface area contributed by atoms with Crippen molar-refractivity contribution >= 4 is 5.91 Å². The first kappa shape index (κ1) is 17.4. The molecule has 1 aliphatic rings. The first-order valence-electron chi connectivity index (χ1n) is 8.77. The van der Waals surface area contributed by atoms with Crippen LogP contribution in [0.1, 0.15) is 46.3 Å². The number of hydrogen-bond donors (Lipinski definition) is 1. The Labute approximate surface area is 154 Å². The van der Waals surface area contributed by atoms with Crippen LogP contribution in [-0.4, -0.2) is 25.5 Å². The Morgan fingerprint density at radius 3 is 2.63 bits per heavy atom. The van der Waals surface area contributed by atoms with Crippen molar-refractivity contribution in [3.05, 3.63) is 64.7 Å². The number of nitrogens with zero attached hydrogens (tertiary/aromatic N) is 4. The van der Waals surface area contributed by atoms with Crippen LogP contribution in [0.15, 0.2) is 30.5 Å². The quantitative estimate of drug-likeness (QED) is 0.770. The topological polar surface area (TPSA) is 64.7 Å². The number of aryl methyl sites for hydroxylation is 2. The third-order valence-corrected chi connectivity index (χ3v) is 4.93. The summed E-state index contributed by atoms with van der Waals surface area (Å²) in [4.78, 5) is 12.5. The molecule has 1 aliphatic carbocycles. The van der Waals surface area contributed by atoms with E-state index in [2.05, 4.69) is 15.5 Å². The number of rotatable bonds is 3. The number of carbonyl (C=O) groups excluding carboxylic acids is 1. The van der Waals surface area contributed by atoms with E-state index in [-0.39, 0.29) is 11.9 Å². The molecule has 0 radical (unpaired) electrons. The van der Waals surface area contributed by atoms with Crippen LogP contribution in [0.25, 0.3) is 5.69 Å². The SMILES string of the molecule is Cc1cc(C(=O)N[C@@H]2CCCc3c2cnn3-c2cc(F)cc(F)c2)nn1C. The minimum absolute atomic E-state index is 0.212. The van der Waals surface area contributed by atoms with E-state index in [9.17, 15) is 13.6 Å². The van der Waals surface area contributed by atoms with E-state index in [1.54, 1.807) is 28.7 Å². The number of carbonyl (C=O) groups is 1. The summed E-state index contributed by atoms with van der Waals surface area (Å²) in [5.41, 5.74) is 3.31. The number of fused-ring (bicyclic) bond motifs is 1. The zero-order valence-corrected chi connectivity index (χ0v) is 15.0. The molecule has 6 nitrogen and oxygen atoms in total. The number of amides is 1. The van der Waals surface area contributed by atoms with Gasteiger partial charge >= 0.3 is 0 Å². The molecule has 0 unspecified atom stereocenters. The molecule has 27 heavy (non-hydrogen) atoms. The van der Waals surface area contributed by atoms with Crippen LogP contribution in [-0.2, 0) is 13.5 Å². The molecule has 1 aromatic carbocycles. The van der Waals surface area contributed by atoms with Crippen molar-refractivity contribution in [2.45, 2.75) is 32.2 Å². The zero-order valence-electron chi connectivity index (χ0n) is 15.0. The Morgan fingerprint density at radius 1 is 1.22 bits per heavy atom. The minimum atomic E-state index is -0.652. The lowest BCUT2D eigenvalue weighted by molar-refractivity contribution is 0.0927. The Morgan fingerprint density at radius 2 is 1.96 bits per heavy atom. The smallest absolute Gasteiger partial charge is 0.272 e. The summed E-state index contributed by atoms with van der Waals surface area (Å²) in [7, 11) is 1.78. The molecule has 0 fully saturated rings. The highest BCUT2D eigenvalue weighted by molar-refractivity contribution is 5.92. The molecule has 1 N–H and O–H groups in total. The molecule has 1 atom stereocenters. The third kappa shape index (κ3) is 3.22. The molecule has 4 rings (SSSR count). The first-order chi connectivity index (χ1) is 12.9. The highest BCUT2D eigenvalue weighted by Gasteiger charge is 2.27. The van der Waals surface area contributed by atoms with E-state index < -0.39 is 11.6 Å². The summed E-state index contributed by atoms with van der Waals surface area (Å²) in [5, 5.41) is 11.5. The van der Waals surface area contributed by atoms with Crippen LogP contribution >= 0.6 is 0 Å². The maximum Gasteiger partial charge on any atom is 0.272 e. The second-order valence-electron chi connectivity index (χ2n) is 6.80. The molecular formula is C19H19F2N5O. The monoisotopic (exact) mass is 371 g/mol. The molecule has 0 aliphatic heterocycles. The van der Waals surface area contributed by atoms with Crippen LogP contribution in [0.5, 0.6) is 0 Å². The van der Waals surface area contributed by atoms with Crippen LogP contribution in [0.4, 0.5) is 8.78 Å². The summed E-state index contributed by atoms with van der Waals surface area (Å²) < 4.78 is 30.3. The molecular weight excluding hydrogens is 352 g/mol. The van der Waals surface area contributed by atoms with Gasteiger partial charge in [0.1, 0.15) is 17.3 Å². The average molecular weight is 371 g/mol. The maximum atomic E-state index is 13.6. The van der Waals surface area contributed by atoms with Crippen LogP contribution in [0, 0.1) is 18.6 Å². The van der Waals surface area contributed by atoms with Crippen molar-refractivity contribution < 1.29 is 13.6 Å². The summed E-state index contributed by atoms with van der Waals surface area (Å²) in [6, 6.07) is 4.84. The van der Waals surface area contributed by atoms with Gasteiger partial charge in [-0.25, -0.2) is 13.5 Å². The second kappa shape index (κ2) is 6.61. The highest BCUT2D eigenvalue weighted by atomic mass is 19.1. The number of halogens is 2. The normalized spacial score (nSPS) is 16.2. The van der Waals surface area contributed by atoms with Crippen molar-refractivity contribution in [2.24, 2.45) is 7.05 Å². The lowest BCUT2D eigenvalue weighted by atomic mass is 9.92. The standard InChI is InChI=1S/C19H19F2N5O/c1-11-6-17(24-25(11)2)19(27)23-16-4-3-5-18-15(16)10-22-26(18)14-8-12(20)7-13(21)9-14/h6-10,16H,3-5H2,1-2H3,(H,23,27)/t16-/m1/s1. The molecule has 0 bridgehead atoms. The number of benzene rings is 1. The van der Waals surface area contributed by atoms with Gasteiger partial charge in [-0.3, -0.25) is 9.48 Å². The fraction of sp³-hybridized carbons (Fsp3) is 0.316. The molecule has 140 valence electrons. The van der Waals surface area contributed by atoms with Gasteiger partial charge in [0, 0.05) is 30.1 Å². The second-order valence-corrected chi connectivity index (χ2v) is 6.80. The van der Waals surface area contributed by atoms with Gasteiger partial charge in [0.05, 0.1) is 17.9 Å². The fourth-order valence-corrected chi connectivity index (χ4v) is 3.49. The van der Waals surface area contributed by atoms with E-state index in [1.165, 1.54) is 12.1 Å². The Hall–Kier alpha value is -3.03. The number of hydrogen-bond acceptors (Lipinski definition) is 3. The van der Waals surface area contributed by atoms with E-state index in [1.807, 2.05) is 6.92 Å². The van der Waals surface area contributed by atoms with Gasteiger partial charge in [-0.2, -0.15) is 10.2 Å². The van der Waals surface area contributed by atoms with Crippen molar-refractivity contribution in [3.8, 4) is 5.69 Å². The zero-order chi connectivity index (χ0) is 19.1. The van der Waals surface area contributed by atoms with Crippen LogP contribution < -0.4 is 5.32 Å². The molecule has 8 heteroatoms. The molecule has 0 spiro atoms. The van der Waals surface area contributed by atoms with E-state index in [4.69, 9.17) is 0 Å². The van der Waals surface area contributed by atoms with Crippen molar-refractivity contribution in [2.75, 3.05) is 0 Å². The summed E-state index contributed by atoms with van der Waals surface area (Å²) >= 11 is 0. The van der Waals surface area contributed by atoms with Gasteiger partial charge in [-0.05, 0) is 44.4 Å². The Balaban J connectivity index is 1.63. The van der Waals surface area contributed by atoms with Crippen molar-refractivity contribution in [1.29, 1.82) is 0 Å². The molecule has 0 saturated heterocycles.